The molecule has 1 aromatic carbocycles. The minimum absolute atomic E-state index is 0.258. The fourth-order valence-electron chi connectivity index (χ4n) is 3.42. The highest BCUT2D eigenvalue weighted by atomic mass is 16.6. The Bertz CT molecular complexity index is 547. The Labute approximate surface area is 196 Å². The van der Waals surface area contributed by atoms with Crippen molar-refractivity contribution >= 4 is 11.7 Å². The third-order valence-electron chi connectivity index (χ3n) is 5.46. The molecule has 0 aromatic heterocycles. The van der Waals surface area contributed by atoms with Crippen LogP contribution in [0.4, 0.5) is 5.69 Å². The maximum Gasteiger partial charge on any atom is 0.338 e. The molecule has 5 nitrogen and oxygen atoms in total. The third kappa shape index (κ3) is 16.1. The first-order valence-corrected chi connectivity index (χ1v) is 12.9. The van der Waals surface area contributed by atoms with Gasteiger partial charge in [-0.05, 0) is 37.1 Å². The van der Waals surface area contributed by atoms with E-state index in [2.05, 4.69) is 19.2 Å². The summed E-state index contributed by atoms with van der Waals surface area (Å²) < 4.78 is 16.4. The largest absolute Gasteiger partial charge is 0.460 e. The summed E-state index contributed by atoms with van der Waals surface area (Å²) in [5.74, 6) is -0.314. The molecule has 0 heterocycles. The van der Waals surface area contributed by atoms with Crippen LogP contribution >= 0.6 is 0 Å². The van der Waals surface area contributed by atoms with Gasteiger partial charge in [0.2, 0.25) is 0 Å². The lowest BCUT2D eigenvalue weighted by molar-refractivity contribution is 0.0141. The fourth-order valence-corrected chi connectivity index (χ4v) is 3.42. The number of carbonyl (C=O) groups excluding carboxylic acids is 1. The SMILES string of the molecule is CCCCCCCCCCCCOCCOCCOC(=O)c1ccc(NCCCC)cc1. The van der Waals surface area contributed by atoms with Crippen molar-refractivity contribution in [2.24, 2.45) is 0 Å². The van der Waals surface area contributed by atoms with Crippen molar-refractivity contribution in [3.8, 4) is 0 Å². The minimum atomic E-state index is -0.314. The maximum atomic E-state index is 12.1. The highest BCUT2D eigenvalue weighted by Crippen LogP contribution is 2.11. The summed E-state index contributed by atoms with van der Waals surface area (Å²) in [4.78, 5) is 12.1. The van der Waals surface area contributed by atoms with Gasteiger partial charge in [-0.3, -0.25) is 0 Å². The smallest absolute Gasteiger partial charge is 0.338 e. The summed E-state index contributed by atoms with van der Waals surface area (Å²) in [5.41, 5.74) is 1.59. The molecule has 0 amide bonds. The Morgan fingerprint density at radius 2 is 1.19 bits per heavy atom. The number of anilines is 1. The van der Waals surface area contributed by atoms with E-state index in [1.54, 1.807) is 12.1 Å². The van der Waals surface area contributed by atoms with Crippen molar-refractivity contribution in [1.82, 2.24) is 0 Å². The number of benzene rings is 1. The maximum absolute atomic E-state index is 12.1. The zero-order valence-electron chi connectivity index (χ0n) is 20.7. The van der Waals surface area contributed by atoms with Crippen molar-refractivity contribution in [1.29, 1.82) is 0 Å². The van der Waals surface area contributed by atoms with Crippen LogP contribution in [-0.2, 0) is 14.2 Å². The number of hydrogen-bond donors (Lipinski definition) is 1. The van der Waals surface area contributed by atoms with Gasteiger partial charge in [-0.1, -0.05) is 78.1 Å². The summed E-state index contributed by atoms with van der Waals surface area (Å²) in [6.45, 7) is 7.96. The second-order valence-corrected chi connectivity index (χ2v) is 8.40. The molecule has 184 valence electrons. The van der Waals surface area contributed by atoms with Crippen molar-refractivity contribution in [3.63, 3.8) is 0 Å². The Hall–Kier alpha value is -1.59. The lowest BCUT2D eigenvalue weighted by Crippen LogP contribution is -2.13. The van der Waals surface area contributed by atoms with E-state index in [0.29, 0.717) is 25.4 Å². The van der Waals surface area contributed by atoms with E-state index in [4.69, 9.17) is 14.2 Å². The first kappa shape index (κ1) is 28.4. The van der Waals surface area contributed by atoms with E-state index in [1.807, 2.05) is 12.1 Å². The number of unbranched alkanes of at least 4 members (excludes halogenated alkanes) is 10. The molecule has 0 bridgehead atoms. The Kier molecular flexibility index (Phi) is 18.9. The van der Waals surface area contributed by atoms with Gasteiger partial charge in [0.1, 0.15) is 6.61 Å². The predicted octanol–water partition coefficient (Wildman–Crippen LogP) is 7.01. The predicted molar refractivity (Wildman–Crippen MR) is 134 cm³/mol. The van der Waals surface area contributed by atoms with Gasteiger partial charge >= 0.3 is 5.97 Å². The molecule has 0 aliphatic heterocycles. The molecule has 1 N–H and O–H groups in total. The second-order valence-electron chi connectivity index (χ2n) is 8.40. The highest BCUT2D eigenvalue weighted by Gasteiger charge is 2.06. The molecular formula is C27H47NO4. The lowest BCUT2D eigenvalue weighted by atomic mass is 10.1. The normalized spacial score (nSPS) is 10.9. The quantitative estimate of drug-likeness (QED) is 0.152. The van der Waals surface area contributed by atoms with E-state index in [1.165, 1.54) is 57.8 Å². The van der Waals surface area contributed by atoms with Crippen LogP contribution in [-0.4, -0.2) is 45.5 Å². The van der Waals surface area contributed by atoms with Gasteiger partial charge in [-0.2, -0.15) is 0 Å². The molecule has 1 aromatic rings. The summed E-state index contributed by atoms with van der Waals surface area (Å²) >= 11 is 0. The van der Waals surface area contributed by atoms with Gasteiger partial charge < -0.3 is 19.5 Å². The molecule has 0 aliphatic rings. The van der Waals surface area contributed by atoms with Crippen LogP contribution < -0.4 is 5.32 Å². The van der Waals surface area contributed by atoms with Crippen LogP contribution in [0.25, 0.3) is 0 Å². The second kappa shape index (κ2) is 21.3. The van der Waals surface area contributed by atoms with Crippen LogP contribution in [0.2, 0.25) is 0 Å². The van der Waals surface area contributed by atoms with Crippen molar-refractivity contribution in [3.05, 3.63) is 29.8 Å². The van der Waals surface area contributed by atoms with E-state index < -0.39 is 0 Å². The zero-order valence-corrected chi connectivity index (χ0v) is 20.7. The summed E-state index contributed by atoms with van der Waals surface area (Å²) in [6.07, 6.45) is 15.6. The van der Waals surface area contributed by atoms with Crippen molar-refractivity contribution in [2.45, 2.75) is 90.9 Å². The molecule has 32 heavy (non-hydrogen) atoms. The molecule has 0 aliphatic carbocycles. The van der Waals surface area contributed by atoms with Gasteiger partial charge in [-0.25, -0.2) is 4.79 Å². The van der Waals surface area contributed by atoms with Gasteiger partial charge in [0.25, 0.3) is 0 Å². The lowest BCUT2D eigenvalue weighted by Gasteiger charge is -2.08. The van der Waals surface area contributed by atoms with E-state index >= 15 is 0 Å². The number of hydrogen-bond acceptors (Lipinski definition) is 5. The third-order valence-corrected chi connectivity index (χ3v) is 5.46. The number of carbonyl (C=O) groups is 1. The van der Waals surface area contributed by atoms with Crippen LogP contribution in [0.15, 0.2) is 24.3 Å². The first-order chi connectivity index (χ1) is 15.8. The molecule has 0 fully saturated rings. The van der Waals surface area contributed by atoms with Crippen molar-refractivity contribution < 1.29 is 19.0 Å². The number of rotatable bonds is 22. The summed E-state index contributed by atoms with van der Waals surface area (Å²) in [5, 5.41) is 3.33. The summed E-state index contributed by atoms with van der Waals surface area (Å²) in [6, 6.07) is 7.40. The molecule has 0 saturated carbocycles. The number of esters is 1. The molecule has 0 atom stereocenters. The van der Waals surface area contributed by atoms with E-state index in [9.17, 15) is 4.79 Å². The Morgan fingerprint density at radius 1 is 0.656 bits per heavy atom. The van der Waals surface area contributed by atoms with Crippen molar-refractivity contribution in [2.75, 3.05) is 44.9 Å². The molecule has 1 rings (SSSR count). The first-order valence-electron chi connectivity index (χ1n) is 12.9. The van der Waals surface area contributed by atoms with Gasteiger partial charge in [0.15, 0.2) is 0 Å². The molecule has 0 spiro atoms. The topological polar surface area (TPSA) is 56.8 Å². The van der Waals surface area contributed by atoms with Gasteiger partial charge in [-0.15, -0.1) is 0 Å². The molecule has 0 unspecified atom stereocenters. The fraction of sp³-hybridized carbons (Fsp3) is 0.741. The highest BCUT2D eigenvalue weighted by molar-refractivity contribution is 5.89. The van der Waals surface area contributed by atoms with Crippen LogP contribution in [0.5, 0.6) is 0 Å². The van der Waals surface area contributed by atoms with E-state index in [0.717, 1.165) is 38.1 Å². The van der Waals surface area contributed by atoms with Gasteiger partial charge in [0, 0.05) is 18.8 Å². The van der Waals surface area contributed by atoms with Crippen LogP contribution in [0.1, 0.15) is 101 Å². The van der Waals surface area contributed by atoms with Gasteiger partial charge in [0.05, 0.1) is 25.4 Å². The summed E-state index contributed by atoms with van der Waals surface area (Å²) in [7, 11) is 0. The Morgan fingerprint density at radius 3 is 1.81 bits per heavy atom. The van der Waals surface area contributed by atoms with Crippen LogP contribution in [0.3, 0.4) is 0 Å². The average Bonchev–Trinajstić information content (AvgIpc) is 2.81. The zero-order chi connectivity index (χ0) is 23.1. The standard InChI is InChI=1S/C27H47NO4/c1-3-5-7-8-9-10-11-12-13-14-20-30-21-22-31-23-24-32-27(29)25-15-17-26(18-16-25)28-19-6-4-2/h15-18,28H,3-14,19-24H2,1-2H3. The molecule has 0 saturated heterocycles. The monoisotopic (exact) mass is 449 g/mol. The molecule has 0 radical (unpaired) electrons. The van der Waals surface area contributed by atoms with Crippen LogP contribution in [0, 0.1) is 0 Å². The molecular weight excluding hydrogens is 402 g/mol. The number of nitrogens with one attached hydrogen (secondary N) is 1. The Balaban J connectivity index is 1.87. The minimum Gasteiger partial charge on any atom is -0.460 e. The average molecular weight is 450 g/mol. The number of ether oxygens (including phenoxy) is 3. The van der Waals surface area contributed by atoms with E-state index in [-0.39, 0.29) is 12.6 Å². The molecule has 5 heteroatoms.